The molecule has 0 spiro atoms. The summed E-state index contributed by atoms with van der Waals surface area (Å²) >= 11 is 8.68. The molecule has 1 aromatic carbocycles. The first kappa shape index (κ1) is 19.4. The number of carbonyl (C=O) groups is 1. The SMILES string of the molecule is Cc1ccc(C#N)c(SCCC(=O)Nc2nc(-c3ccc(Cl)cc3)cs2)n1. The molecule has 1 amide bonds. The van der Waals surface area contributed by atoms with Gasteiger partial charge in [0.25, 0.3) is 0 Å². The van der Waals surface area contributed by atoms with E-state index in [4.69, 9.17) is 16.9 Å². The number of halogens is 1. The van der Waals surface area contributed by atoms with Gasteiger partial charge < -0.3 is 5.32 Å². The number of hydrogen-bond donors (Lipinski definition) is 1. The predicted octanol–water partition coefficient (Wildman–Crippen LogP) is 5.16. The smallest absolute Gasteiger partial charge is 0.226 e. The molecule has 0 fully saturated rings. The quantitative estimate of drug-likeness (QED) is 0.563. The molecular weight excluding hydrogens is 400 g/mol. The Morgan fingerprint density at radius 1 is 1.26 bits per heavy atom. The van der Waals surface area contributed by atoms with Crippen molar-refractivity contribution in [2.75, 3.05) is 11.1 Å². The van der Waals surface area contributed by atoms with E-state index in [1.54, 1.807) is 24.3 Å². The third kappa shape index (κ3) is 5.30. The first-order valence-corrected chi connectivity index (χ1v) is 10.3. The number of rotatable bonds is 6. The van der Waals surface area contributed by atoms with Crippen molar-refractivity contribution in [3.05, 3.63) is 58.1 Å². The maximum Gasteiger partial charge on any atom is 0.226 e. The third-order valence-electron chi connectivity index (χ3n) is 3.58. The van der Waals surface area contributed by atoms with Crippen molar-refractivity contribution in [1.29, 1.82) is 5.26 Å². The molecule has 8 heteroatoms. The monoisotopic (exact) mass is 414 g/mol. The Morgan fingerprint density at radius 3 is 2.78 bits per heavy atom. The van der Waals surface area contributed by atoms with Crippen molar-refractivity contribution in [3.63, 3.8) is 0 Å². The van der Waals surface area contributed by atoms with Crippen LogP contribution in [0.3, 0.4) is 0 Å². The zero-order valence-corrected chi connectivity index (χ0v) is 16.8. The van der Waals surface area contributed by atoms with Crippen molar-refractivity contribution >= 4 is 45.7 Å². The lowest BCUT2D eigenvalue weighted by atomic mass is 10.2. The number of amides is 1. The van der Waals surface area contributed by atoms with E-state index in [0.717, 1.165) is 17.0 Å². The minimum Gasteiger partial charge on any atom is -0.302 e. The van der Waals surface area contributed by atoms with Crippen molar-refractivity contribution in [2.24, 2.45) is 0 Å². The van der Waals surface area contributed by atoms with Crippen LogP contribution >= 0.6 is 34.7 Å². The van der Waals surface area contributed by atoms with Crippen molar-refractivity contribution in [1.82, 2.24) is 9.97 Å². The van der Waals surface area contributed by atoms with Gasteiger partial charge in [0.05, 0.1) is 11.3 Å². The van der Waals surface area contributed by atoms with Crippen LogP contribution in [0.25, 0.3) is 11.3 Å². The van der Waals surface area contributed by atoms with E-state index in [2.05, 4.69) is 21.4 Å². The van der Waals surface area contributed by atoms with Crippen LogP contribution in [0, 0.1) is 18.3 Å². The normalized spacial score (nSPS) is 10.4. The second-order valence-electron chi connectivity index (χ2n) is 5.61. The molecule has 2 aromatic heterocycles. The summed E-state index contributed by atoms with van der Waals surface area (Å²) in [5.74, 6) is 0.414. The fraction of sp³-hybridized carbons (Fsp3) is 0.158. The molecule has 0 aliphatic heterocycles. The number of aryl methyl sites for hydroxylation is 1. The summed E-state index contributed by atoms with van der Waals surface area (Å²) in [6.07, 6.45) is 0.307. The highest BCUT2D eigenvalue weighted by Gasteiger charge is 2.10. The van der Waals surface area contributed by atoms with Crippen LogP contribution in [0.4, 0.5) is 5.13 Å². The second kappa shape index (κ2) is 9.00. The molecule has 0 aliphatic rings. The van der Waals surface area contributed by atoms with Gasteiger partial charge in [-0.1, -0.05) is 23.7 Å². The fourth-order valence-electron chi connectivity index (χ4n) is 2.23. The lowest BCUT2D eigenvalue weighted by Gasteiger charge is -2.04. The molecule has 2 heterocycles. The molecule has 5 nitrogen and oxygen atoms in total. The summed E-state index contributed by atoms with van der Waals surface area (Å²) in [5, 5.41) is 15.7. The first-order chi connectivity index (χ1) is 13.0. The molecule has 3 aromatic rings. The van der Waals surface area contributed by atoms with E-state index < -0.39 is 0 Å². The fourth-order valence-corrected chi connectivity index (χ4v) is 4.05. The summed E-state index contributed by atoms with van der Waals surface area (Å²) < 4.78 is 0. The number of aromatic nitrogens is 2. The molecule has 0 bridgehead atoms. The van der Waals surface area contributed by atoms with Gasteiger partial charge in [-0.25, -0.2) is 9.97 Å². The largest absolute Gasteiger partial charge is 0.302 e. The van der Waals surface area contributed by atoms with E-state index >= 15 is 0 Å². The summed E-state index contributed by atoms with van der Waals surface area (Å²) in [6.45, 7) is 1.87. The van der Waals surface area contributed by atoms with Crippen LogP contribution in [0.15, 0.2) is 46.8 Å². The van der Waals surface area contributed by atoms with E-state index in [9.17, 15) is 4.79 Å². The van der Waals surface area contributed by atoms with Gasteiger partial charge in [0.2, 0.25) is 5.91 Å². The van der Waals surface area contributed by atoms with Gasteiger partial charge in [-0.2, -0.15) is 5.26 Å². The van der Waals surface area contributed by atoms with Gasteiger partial charge in [-0.15, -0.1) is 23.1 Å². The number of pyridine rings is 1. The summed E-state index contributed by atoms with van der Waals surface area (Å²) in [6, 6.07) is 13.1. The number of hydrogen-bond acceptors (Lipinski definition) is 6. The highest BCUT2D eigenvalue weighted by atomic mass is 35.5. The van der Waals surface area contributed by atoms with E-state index in [-0.39, 0.29) is 5.91 Å². The zero-order chi connectivity index (χ0) is 19.2. The number of thiazole rings is 1. The van der Waals surface area contributed by atoms with E-state index in [0.29, 0.717) is 32.9 Å². The predicted molar refractivity (Wildman–Crippen MR) is 110 cm³/mol. The number of nitrogens with zero attached hydrogens (tertiary/aromatic N) is 3. The van der Waals surface area contributed by atoms with Crippen LogP contribution in [0.2, 0.25) is 5.02 Å². The number of nitriles is 1. The Hall–Kier alpha value is -2.40. The lowest BCUT2D eigenvalue weighted by Crippen LogP contribution is -2.12. The maximum absolute atomic E-state index is 12.2. The molecule has 3 rings (SSSR count). The molecule has 0 aliphatic carbocycles. The van der Waals surface area contributed by atoms with Gasteiger partial charge in [-0.05, 0) is 31.2 Å². The maximum atomic E-state index is 12.2. The topological polar surface area (TPSA) is 78.7 Å². The Bertz CT molecular complexity index is 996. The second-order valence-corrected chi connectivity index (χ2v) is 7.99. The van der Waals surface area contributed by atoms with Gasteiger partial charge in [0, 0.05) is 33.8 Å². The first-order valence-electron chi connectivity index (χ1n) is 8.07. The molecule has 0 unspecified atom stereocenters. The Morgan fingerprint density at radius 2 is 2.04 bits per heavy atom. The zero-order valence-electron chi connectivity index (χ0n) is 14.4. The highest BCUT2D eigenvalue weighted by Crippen LogP contribution is 2.26. The van der Waals surface area contributed by atoms with E-state index in [1.165, 1.54) is 23.1 Å². The van der Waals surface area contributed by atoms with E-state index in [1.807, 2.05) is 24.4 Å². The molecular formula is C19H15ClN4OS2. The molecule has 0 radical (unpaired) electrons. The Balaban J connectivity index is 1.54. The average molecular weight is 415 g/mol. The van der Waals surface area contributed by atoms with Crippen LogP contribution in [0.5, 0.6) is 0 Å². The Kier molecular flexibility index (Phi) is 6.45. The summed E-state index contributed by atoms with van der Waals surface area (Å²) in [7, 11) is 0. The Labute approximate surface area is 170 Å². The number of thioether (sulfide) groups is 1. The standard InChI is InChI=1S/C19H15ClN4OS2/c1-12-2-3-14(10-21)18(22-12)26-9-8-17(25)24-19-23-16(11-27-19)13-4-6-15(20)7-5-13/h2-7,11H,8-9H2,1H3,(H,23,24,25). The molecule has 27 heavy (non-hydrogen) atoms. The minimum atomic E-state index is -0.120. The number of carbonyl (C=O) groups excluding carboxylic acids is 1. The molecule has 136 valence electrons. The summed E-state index contributed by atoms with van der Waals surface area (Å²) in [4.78, 5) is 20.9. The number of nitrogens with one attached hydrogen (secondary N) is 1. The van der Waals surface area contributed by atoms with Crippen molar-refractivity contribution < 1.29 is 4.79 Å². The van der Waals surface area contributed by atoms with Crippen LogP contribution < -0.4 is 5.32 Å². The molecule has 0 saturated heterocycles. The van der Waals surface area contributed by atoms with Gasteiger partial charge in [0.1, 0.15) is 11.1 Å². The average Bonchev–Trinajstić information content (AvgIpc) is 3.11. The van der Waals surface area contributed by atoms with Gasteiger partial charge >= 0.3 is 0 Å². The minimum absolute atomic E-state index is 0.120. The molecule has 0 saturated carbocycles. The molecule has 1 N–H and O–H groups in total. The summed E-state index contributed by atoms with van der Waals surface area (Å²) in [5.41, 5.74) is 3.11. The number of benzene rings is 1. The van der Waals surface area contributed by atoms with Crippen LogP contribution in [-0.2, 0) is 4.79 Å². The van der Waals surface area contributed by atoms with Gasteiger partial charge in [-0.3, -0.25) is 4.79 Å². The lowest BCUT2D eigenvalue weighted by molar-refractivity contribution is -0.115. The van der Waals surface area contributed by atoms with Gasteiger partial charge in [0.15, 0.2) is 5.13 Å². The third-order valence-corrected chi connectivity index (χ3v) is 5.58. The highest BCUT2D eigenvalue weighted by molar-refractivity contribution is 7.99. The van der Waals surface area contributed by atoms with Crippen molar-refractivity contribution in [2.45, 2.75) is 18.4 Å². The van der Waals surface area contributed by atoms with Crippen molar-refractivity contribution in [3.8, 4) is 17.3 Å². The van der Waals surface area contributed by atoms with Crippen LogP contribution in [-0.4, -0.2) is 21.6 Å². The van der Waals surface area contributed by atoms with Crippen LogP contribution in [0.1, 0.15) is 17.7 Å². The molecule has 0 atom stereocenters. The number of anilines is 1.